The highest BCUT2D eigenvalue weighted by atomic mass is 16.3. The number of rotatable bonds is 3. The predicted octanol–water partition coefficient (Wildman–Crippen LogP) is -0.128. The number of carbonyl (C=O) groups excluding carboxylic acids is 3. The van der Waals surface area contributed by atoms with E-state index in [1.165, 1.54) is 19.1 Å². The van der Waals surface area contributed by atoms with Crippen molar-refractivity contribution in [1.82, 2.24) is 10.9 Å². The van der Waals surface area contributed by atoms with Gasteiger partial charge in [0.2, 0.25) is 12.0 Å². The number of phenolic OH excluding ortho intramolecular Hbond substituents is 1. The number of hydrogen-bond donors (Lipinski definition) is 5. The van der Waals surface area contributed by atoms with Crippen LogP contribution in [0.3, 0.4) is 0 Å². The first-order valence-electron chi connectivity index (χ1n) is 5.11. The van der Waals surface area contributed by atoms with E-state index in [4.69, 9.17) is 15.3 Å². The molecule has 8 nitrogen and oxygen atoms in total. The topological polar surface area (TPSA) is 131 Å². The molecular formula is C11H14N4O4. The minimum absolute atomic E-state index is 0.0328. The third-order valence-corrected chi connectivity index (χ3v) is 1.70. The summed E-state index contributed by atoms with van der Waals surface area (Å²) in [5.74, 6) is -0.533. The summed E-state index contributed by atoms with van der Waals surface area (Å²) < 4.78 is 0. The highest BCUT2D eigenvalue weighted by molar-refractivity contribution is 5.83. The average Bonchev–Trinajstić information content (AvgIpc) is 2.36. The lowest BCUT2D eigenvalue weighted by Crippen LogP contribution is -2.43. The Labute approximate surface area is 109 Å². The van der Waals surface area contributed by atoms with Gasteiger partial charge in [-0.2, -0.15) is 0 Å². The second kappa shape index (κ2) is 9.20. The minimum atomic E-state index is -0.358. The Kier molecular flexibility index (Phi) is 7.81. The fraction of sp³-hybridized carbons (Fsp3) is 0.182. The number of hydrogen-bond acceptors (Lipinski definition) is 6. The molecule has 0 aromatic heterocycles. The van der Waals surface area contributed by atoms with E-state index in [-0.39, 0.29) is 24.1 Å². The lowest BCUT2D eigenvalue weighted by molar-refractivity contribution is -0.126. The van der Waals surface area contributed by atoms with Gasteiger partial charge in [-0.25, -0.2) is 10.2 Å². The van der Waals surface area contributed by atoms with E-state index in [1.807, 2.05) is 0 Å². The monoisotopic (exact) mass is 266 g/mol. The first-order chi connectivity index (χ1) is 8.99. The molecule has 0 spiro atoms. The number of carbonyl (C=O) groups is 2. The molecule has 0 bridgehead atoms. The molecule has 102 valence electrons. The molecule has 1 aromatic rings. The number of aromatic hydroxyl groups is 1. The van der Waals surface area contributed by atoms with Crippen molar-refractivity contribution in [1.29, 1.82) is 5.41 Å². The average molecular weight is 266 g/mol. The van der Waals surface area contributed by atoms with Gasteiger partial charge >= 0.3 is 0 Å². The van der Waals surface area contributed by atoms with Gasteiger partial charge in [0.05, 0.1) is 6.54 Å². The quantitative estimate of drug-likeness (QED) is 0.225. The molecular weight excluding hydrogens is 252 g/mol. The maximum absolute atomic E-state index is 11.2. The third kappa shape index (κ3) is 8.90. The van der Waals surface area contributed by atoms with E-state index in [2.05, 4.69) is 16.2 Å². The summed E-state index contributed by atoms with van der Waals surface area (Å²) in [7, 11) is 0. The van der Waals surface area contributed by atoms with Crippen molar-refractivity contribution in [2.24, 2.45) is 0 Å². The molecule has 2 amide bonds. The molecule has 1 aromatic carbocycles. The number of nitrogens with one attached hydrogen (secondary N) is 4. The first-order valence-corrected chi connectivity index (χ1v) is 5.11. The smallest absolute Gasteiger partial charge is 0.257 e. The second-order valence-corrected chi connectivity index (χ2v) is 3.23. The molecule has 0 radical (unpaired) electrons. The van der Waals surface area contributed by atoms with Gasteiger partial charge in [-0.15, -0.1) is 0 Å². The molecule has 0 atom stereocenters. The Bertz CT molecular complexity index is 452. The van der Waals surface area contributed by atoms with Crippen LogP contribution in [0.2, 0.25) is 0 Å². The molecule has 0 saturated heterocycles. The SMILES string of the molecule is CC(=O)NNC(=O)CNc1ccc(O)cc1.N=C=O. The van der Waals surface area contributed by atoms with Gasteiger partial charge in [-0.3, -0.25) is 20.4 Å². The van der Waals surface area contributed by atoms with E-state index in [0.717, 1.165) is 6.08 Å². The van der Waals surface area contributed by atoms with Crippen LogP contribution in [0.25, 0.3) is 0 Å². The summed E-state index contributed by atoms with van der Waals surface area (Å²) in [6.45, 7) is 1.33. The Morgan fingerprint density at radius 1 is 1.26 bits per heavy atom. The molecule has 0 saturated carbocycles. The van der Waals surface area contributed by atoms with Gasteiger partial charge < -0.3 is 10.4 Å². The Morgan fingerprint density at radius 2 is 1.79 bits per heavy atom. The summed E-state index contributed by atoms with van der Waals surface area (Å²) in [5.41, 5.74) is 5.09. The molecule has 0 unspecified atom stereocenters. The molecule has 5 N–H and O–H groups in total. The van der Waals surface area contributed by atoms with Gasteiger partial charge in [-0.1, -0.05) is 0 Å². The summed E-state index contributed by atoms with van der Waals surface area (Å²) >= 11 is 0. The summed E-state index contributed by atoms with van der Waals surface area (Å²) in [6.07, 6.45) is 0.750. The number of benzene rings is 1. The van der Waals surface area contributed by atoms with Crippen LogP contribution in [-0.4, -0.2) is 29.5 Å². The van der Waals surface area contributed by atoms with Crippen LogP contribution >= 0.6 is 0 Å². The molecule has 0 aliphatic rings. The summed E-state index contributed by atoms with van der Waals surface area (Å²) in [6, 6.07) is 6.30. The van der Waals surface area contributed by atoms with Crippen molar-refractivity contribution in [2.75, 3.05) is 11.9 Å². The van der Waals surface area contributed by atoms with Crippen LogP contribution in [0.15, 0.2) is 24.3 Å². The van der Waals surface area contributed by atoms with Crippen LogP contribution in [0, 0.1) is 5.41 Å². The highest BCUT2D eigenvalue weighted by Crippen LogP contribution is 2.12. The largest absolute Gasteiger partial charge is 0.508 e. The van der Waals surface area contributed by atoms with Gasteiger partial charge in [-0.05, 0) is 24.3 Å². The number of hydrazine groups is 1. The molecule has 0 fully saturated rings. The Morgan fingerprint density at radius 3 is 2.26 bits per heavy atom. The van der Waals surface area contributed by atoms with Crippen molar-refractivity contribution in [3.63, 3.8) is 0 Å². The Balaban J connectivity index is 0.000000982. The third-order valence-electron chi connectivity index (χ3n) is 1.70. The Hall–Kier alpha value is -2.86. The van der Waals surface area contributed by atoms with Gasteiger partial charge in [0.15, 0.2) is 0 Å². The number of anilines is 1. The summed E-state index contributed by atoms with van der Waals surface area (Å²) in [5, 5.41) is 17.2. The normalized spacial score (nSPS) is 8.26. The van der Waals surface area contributed by atoms with E-state index in [0.29, 0.717) is 5.69 Å². The fourth-order valence-corrected chi connectivity index (χ4v) is 0.964. The zero-order valence-electron chi connectivity index (χ0n) is 10.2. The zero-order chi connectivity index (χ0) is 14.7. The van der Waals surface area contributed by atoms with Crippen molar-refractivity contribution >= 4 is 23.6 Å². The van der Waals surface area contributed by atoms with Crippen LogP contribution in [0.4, 0.5) is 5.69 Å². The van der Waals surface area contributed by atoms with E-state index < -0.39 is 0 Å². The van der Waals surface area contributed by atoms with Gasteiger partial charge in [0, 0.05) is 12.6 Å². The molecule has 0 heterocycles. The van der Waals surface area contributed by atoms with E-state index in [9.17, 15) is 9.59 Å². The van der Waals surface area contributed by atoms with Gasteiger partial charge in [0.1, 0.15) is 5.75 Å². The van der Waals surface area contributed by atoms with E-state index >= 15 is 0 Å². The zero-order valence-corrected chi connectivity index (χ0v) is 10.2. The lowest BCUT2D eigenvalue weighted by Gasteiger charge is -2.07. The standard InChI is InChI=1S/C10H13N3O3.CHNO/c1-7(14)12-13-10(16)6-11-8-2-4-9(15)5-3-8;2-1-3/h2-5,11,15H,6H2,1H3,(H,12,14)(H,13,16);2H. The molecule has 1 rings (SSSR count). The van der Waals surface area contributed by atoms with Crippen LogP contribution in [0.1, 0.15) is 6.92 Å². The molecule has 19 heavy (non-hydrogen) atoms. The van der Waals surface area contributed by atoms with Crippen LogP contribution in [-0.2, 0) is 14.4 Å². The molecule has 0 aliphatic carbocycles. The fourth-order valence-electron chi connectivity index (χ4n) is 0.964. The van der Waals surface area contributed by atoms with Crippen molar-refractivity contribution in [3.8, 4) is 5.75 Å². The highest BCUT2D eigenvalue weighted by Gasteiger charge is 2.00. The van der Waals surface area contributed by atoms with E-state index in [1.54, 1.807) is 12.1 Å². The lowest BCUT2D eigenvalue weighted by atomic mass is 10.3. The van der Waals surface area contributed by atoms with Crippen LogP contribution in [0.5, 0.6) is 5.75 Å². The predicted molar refractivity (Wildman–Crippen MR) is 67.0 cm³/mol. The maximum atomic E-state index is 11.2. The second-order valence-electron chi connectivity index (χ2n) is 3.23. The minimum Gasteiger partial charge on any atom is -0.508 e. The number of phenols is 1. The van der Waals surface area contributed by atoms with Crippen molar-refractivity contribution < 1.29 is 19.5 Å². The molecule has 8 heteroatoms. The first kappa shape index (κ1) is 16.1. The van der Waals surface area contributed by atoms with Gasteiger partial charge in [0.25, 0.3) is 5.91 Å². The number of amides is 2. The molecule has 0 aliphatic heterocycles. The number of isocyanates is 1. The summed E-state index contributed by atoms with van der Waals surface area (Å²) in [4.78, 5) is 30.0. The maximum Gasteiger partial charge on any atom is 0.257 e. The van der Waals surface area contributed by atoms with Crippen LogP contribution < -0.4 is 16.2 Å². The van der Waals surface area contributed by atoms with Crippen molar-refractivity contribution in [3.05, 3.63) is 24.3 Å². The van der Waals surface area contributed by atoms with Crippen molar-refractivity contribution in [2.45, 2.75) is 6.92 Å².